The first-order valence-electron chi connectivity index (χ1n) is 5.70. The second-order valence-electron chi connectivity index (χ2n) is 4.28. The maximum absolute atomic E-state index is 12.0. The van der Waals surface area contributed by atoms with Crippen molar-refractivity contribution in [1.29, 1.82) is 0 Å². The SMILES string of the molecule is Nc1[nH]nc2nc3c(cc12)c(=O)oc1ccccc13. The van der Waals surface area contributed by atoms with E-state index in [1.807, 2.05) is 18.2 Å². The number of nitrogens with zero attached hydrogens (tertiary/aromatic N) is 2. The van der Waals surface area contributed by atoms with E-state index >= 15 is 0 Å². The second kappa shape index (κ2) is 3.32. The fourth-order valence-electron chi connectivity index (χ4n) is 2.23. The van der Waals surface area contributed by atoms with Crippen LogP contribution in [0.5, 0.6) is 0 Å². The minimum absolute atomic E-state index is 0.386. The van der Waals surface area contributed by atoms with Crippen LogP contribution in [0.2, 0.25) is 0 Å². The second-order valence-corrected chi connectivity index (χ2v) is 4.28. The average Bonchev–Trinajstić information content (AvgIpc) is 2.79. The molecule has 0 aliphatic rings. The van der Waals surface area contributed by atoms with Crippen molar-refractivity contribution in [3.63, 3.8) is 0 Å². The molecule has 0 spiro atoms. The molecule has 6 heteroatoms. The summed E-state index contributed by atoms with van der Waals surface area (Å²) in [4.78, 5) is 16.4. The molecular formula is C13H8N4O2. The number of nitrogen functional groups attached to an aromatic ring is 1. The van der Waals surface area contributed by atoms with Crippen LogP contribution < -0.4 is 11.4 Å². The third kappa shape index (κ3) is 1.28. The van der Waals surface area contributed by atoms with Crippen molar-refractivity contribution in [2.45, 2.75) is 0 Å². The molecule has 0 aliphatic carbocycles. The van der Waals surface area contributed by atoms with Gasteiger partial charge in [0.1, 0.15) is 11.4 Å². The number of anilines is 1. The minimum atomic E-state index is -0.427. The average molecular weight is 252 g/mol. The fourth-order valence-corrected chi connectivity index (χ4v) is 2.23. The lowest BCUT2D eigenvalue weighted by molar-refractivity contribution is 0.569. The van der Waals surface area contributed by atoms with Crippen LogP contribution in [-0.2, 0) is 0 Å². The van der Waals surface area contributed by atoms with Gasteiger partial charge in [-0.1, -0.05) is 12.1 Å². The zero-order valence-corrected chi connectivity index (χ0v) is 9.68. The maximum Gasteiger partial charge on any atom is 0.345 e. The normalized spacial score (nSPS) is 11.6. The Kier molecular flexibility index (Phi) is 1.76. The smallest absolute Gasteiger partial charge is 0.345 e. The number of fused-ring (bicyclic) bond motifs is 4. The number of hydrogen-bond donors (Lipinski definition) is 2. The summed E-state index contributed by atoms with van der Waals surface area (Å²) in [6.07, 6.45) is 0. The van der Waals surface area contributed by atoms with Crippen LogP contribution in [-0.4, -0.2) is 15.2 Å². The molecule has 0 unspecified atom stereocenters. The Bertz CT molecular complexity index is 1000. The Morgan fingerprint density at radius 2 is 2.00 bits per heavy atom. The first-order valence-corrected chi connectivity index (χ1v) is 5.70. The summed E-state index contributed by atoms with van der Waals surface area (Å²) in [5.41, 5.74) is 6.88. The van der Waals surface area contributed by atoms with E-state index in [0.717, 1.165) is 5.39 Å². The molecule has 0 saturated carbocycles. The number of benzene rings is 1. The van der Waals surface area contributed by atoms with E-state index in [0.29, 0.717) is 33.3 Å². The number of pyridine rings is 1. The summed E-state index contributed by atoms with van der Waals surface area (Å²) in [7, 11) is 0. The van der Waals surface area contributed by atoms with Gasteiger partial charge in [-0.15, -0.1) is 0 Å². The predicted molar refractivity (Wildman–Crippen MR) is 71.8 cm³/mol. The Hall–Kier alpha value is -2.89. The monoisotopic (exact) mass is 252 g/mol. The van der Waals surface area contributed by atoms with Gasteiger partial charge in [0.25, 0.3) is 0 Å². The molecule has 0 amide bonds. The summed E-state index contributed by atoms with van der Waals surface area (Å²) in [6.45, 7) is 0. The molecule has 0 saturated heterocycles. The van der Waals surface area contributed by atoms with Crippen LogP contribution in [0.15, 0.2) is 39.5 Å². The lowest BCUT2D eigenvalue weighted by Crippen LogP contribution is -2.01. The van der Waals surface area contributed by atoms with Gasteiger partial charge < -0.3 is 10.2 Å². The molecule has 6 nitrogen and oxygen atoms in total. The Labute approximate surface area is 105 Å². The maximum atomic E-state index is 12.0. The van der Waals surface area contributed by atoms with Crippen molar-refractivity contribution in [1.82, 2.24) is 15.2 Å². The number of aromatic amines is 1. The zero-order valence-electron chi connectivity index (χ0n) is 9.68. The molecule has 0 aliphatic heterocycles. The molecule has 0 bridgehead atoms. The van der Waals surface area contributed by atoms with Gasteiger partial charge in [0, 0.05) is 5.39 Å². The van der Waals surface area contributed by atoms with E-state index in [-0.39, 0.29) is 0 Å². The van der Waals surface area contributed by atoms with Crippen LogP contribution in [0, 0.1) is 0 Å². The number of rotatable bonds is 0. The summed E-state index contributed by atoms with van der Waals surface area (Å²) in [5.74, 6) is 0.386. The number of nitrogens with one attached hydrogen (secondary N) is 1. The van der Waals surface area contributed by atoms with Gasteiger partial charge in [-0.25, -0.2) is 9.78 Å². The molecular weight excluding hydrogens is 244 g/mol. The first-order chi connectivity index (χ1) is 9.24. The highest BCUT2D eigenvalue weighted by Crippen LogP contribution is 2.25. The molecule has 19 heavy (non-hydrogen) atoms. The van der Waals surface area contributed by atoms with Crippen molar-refractivity contribution in [2.24, 2.45) is 0 Å². The van der Waals surface area contributed by atoms with Crippen LogP contribution in [0.1, 0.15) is 0 Å². The molecule has 3 aromatic heterocycles. The number of hydrogen-bond acceptors (Lipinski definition) is 5. The molecule has 4 aromatic rings. The van der Waals surface area contributed by atoms with Gasteiger partial charge in [-0.05, 0) is 18.2 Å². The van der Waals surface area contributed by atoms with Gasteiger partial charge in [-0.3, -0.25) is 5.10 Å². The van der Waals surface area contributed by atoms with Gasteiger partial charge >= 0.3 is 5.63 Å². The van der Waals surface area contributed by atoms with E-state index in [2.05, 4.69) is 15.2 Å². The summed E-state index contributed by atoms with van der Waals surface area (Å²) in [6, 6.07) is 8.93. The number of H-pyrrole nitrogens is 1. The van der Waals surface area contributed by atoms with Crippen LogP contribution in [0.25, 0.3) is 32.9 Å². The molecule has 3 N–H and O–H groups in total. The third-order valence-electron chi connectivity index (χ3n) is 3.14. The number of aromatic nitrogens is 3. The van der Waals surface area contributed by atoms with Gasteiger partial charge in [0.05, 0.1) is 16.3 Å². The largest absolute Gasteiger partial charge is 0.422 e. The van der Waals surface area contributed by atoms with Gasteiger partial charge in [-0.2, -0.15) is 5.10 Å². The minimum Gasteiger partial charge on any atom is -0.422 e. The van der Waals surface area contributed by atoms with Crippen LogP contribution in [0.3, 0.4) is 0 Å². The topological polar surface area (TPSA) is 97.8 Å². The highest BCUT2D eigenvalue weighted by atomic mass is 16.4. The first kappa shape index (κ1) is 10.1. The van der Waals surface area contributed by atoms with Crippen molar-refractivity contribution in [2.75, 3.05) is 5.73 Å². The summed E-state index contributed by atoms with van der Waals surface area (Å²) >= 11 is 0. The van der Waals surface area contributed by atoms with Crippen molar-refractivity contribution in [3.05, 3.63) is 40.8 Å². The highest BCUT2D eigenvalue weighted by Gasteiger charge is 2.12. The lowest BCUT2D eigenvalue weighted by Gasteiger charge is -2.01. The Morgan fingerprint density at radius 1 is 1.16 bits per heavy atom. The van der Waals surface area contributed by atoms with Crippen molar-refractivity contribution < 1.29 is 4.42 Å². The van der Waals surface area contributed by atoms with E-state index in [1.165, 1.54) is 0 Å². The Balaban J connectivity index is 2.35. The van der Waals surface area contributed by atoms with Crippen molar-refractivity contribution >= 4 is 38.7 Å². The molecule has 92 valence electrons. The molecule has 0 radical (unpaired) electrons. The third-order valence-corrected chi connectivity index (χ3v) is 3.14. The number of para-hydroxylation sites is 1. The van der Waals surface area contributed by atoms with E-state index < -0.39 is 5.63 Å². The lowest BCUT2D eigenvalue weighted by atomic mass is 10.1. The summed E-state index contributed by atoms with van der Waals surface area (Å²) in [5, 5.41) is 8.46. The number of nitrogens with two attached hydrogens (primary N) is 1. The molecule has 0 fully saturated rings. The molecule has 3 heterocycles. The van der Waals surface area contributed by atoms with E-state index in [4.69, 9.17) is 10.2 Å². The van der Waals surface area contributed by atoms with Crippen LogP contribution in [0.4, 0.5) is 5.82 Å². The molecule has 1 aromatic carbocycles. The Morgan fingerprint density at radius 3 is 2.89 bits per heavy atom. The fraction of sp³-hybridized carbons (Fsp3) is 0. The van der Waals surface area contributed by atoms with Gasteiger partial charge in [0.2, 0.25) is 0 Å². The molecule has 4 rings (SSSR count). The zero-order chi connectivity index (χ0) is 13.0. The standard InChI is InChI=1S/C13H8N4O2/c14-11-8-5-7-10(15-12(8)17-16-11)6-3-1-2-4-9(6)19-13(7)18/h1-5H,(H3,14,15,16,17). The molecule has 0 atom stereocenters. The predicted octanol–water partition coefficient (Wildman–Crippen LogP) is 1.80. The van der Waals surface area contributed by atoms with E-state index in [9.17, 15) is 4.79 Å². The van der Waals surface area contributed by atoms with Gasteiger partial charge in [0.15, 0.2) is 5.65 Å². The van der Waals surface area contributed by atoms with E-state index in [1.54, 1.807) is 12.1 Å². The van der Waals surface area contributed by atoms with Crippen molar-refractivity contribution in [3.8, 4) is 0 Å². The summed E-state index contributed by atoms with van der Waals surface area (Å²) < 4.78 is 5.27. The highest BCUT2D eigenvalue weighted by molar-refractivity contribution is 6.06. The van der Waals surface area contributed by atoms with Crippen LogP contribution >= 0.6 is 0 Å². The quantitative estimate of drug-likeness (QED) is 0.367.